The van der Waals surface area contributed by atoms with E-state index in [0.29, 0.717) is 12.4 Å². The zero-order valence-corrected chi connectivity index (χ0v) is 8.42. The maximum Gasteiger partial charge on any atom is 0.170 e. The quantitative estimate of drug-likeness (QED) is 0.842. The predicted molar refractivity (Wildman–Crippen MR) is 54.8 cm³/mol. The van der Waals surface area contributed by atoms with Crippen molar-refractivity contribution in [3.05, 3.63) is 35.3 Å². The molecular weight excluding hydrogens is 197 g/mol. The second-order valence-corrected chi connectivity index (χ2v) is 3.26. The average Bonchev–Trinajstić information content (AvgIpc) is 2.59. The summed E-state index contributed by atoms with van der Waals surface area (Å²) in [5, 5.41) is 0.734. The highest BCUT2D eigenvalue weighted by atomic mass is 19.1. The third-order valence-corrected chi connectivity index (χ3v) is 2.33. The Labute approximate surface area is 86.6 Å². The summed E-state index contributed by atoms with van der Waals surface area (Å²) in [6.45, 7) is 0.621. The van der Waals surface area contributed by atoms with Crippen LogP contribution in [0.4, 0.5) is 4.39 Å². The van der Waals surface area contributed by atoms with E-state index in [1.807, 2.05) is 0 Å². The first-order valence-corrected chi connectivity index (χ1v) is 4.65. The lowest BCUT2D eigenvalue weighted by molar-refractivity contribution is 0.184. The average molecular weight is 209 g/mol. The summed E-state index contributed by atoms with van der Waals surface area (Å²) in [6.07, 6.45) is 0. The van der Waals surface area contributed by atoms with Gasteiger partial charge in [0.2, 0.25) is 0 Å². The number of methoxy groups -OCH3 is 1. The molecule has 0 unspecified atom stereocenters. The van der Waals surface area contributed by atoms with Crippen LogP contribution in [0.15, 0.2) is 22.6 Å². The summed E-state index contributed by atoms with van der Waals surface area (Å²) in [4.78, 5) is 0. The maximum absolute atomic E-state index is 13.4. The van der Waals surface area contributed by atoms with Gasteiger partial charge in [-0.25, -0.2) is 4.39 Å². The first-order valence-electron chi connectivity index (χ1n) is 4.65. The van der Waals surface area contributed by atoms with E-state index in [1.165, 1.54) is 6.07 Å². The first-order chi connectivity index (χ1) is 7.27. The molecule has 3 nitrogen and oxygen atoms in total. The van der Waals surface area contributed by atoms with Gasteiger partial charge in [-0.15, -0.1) is 0 Å². The first kappa shape index (κ1) is 10.1. The third kappa shape index (κ3) is 1.62. The summed E-state index contributed by atoms with van der Waals surface area (Å²) in [5.41, 5.74) is 6.61. The van der Waals surface area contributed by atoms with Crippen LogP contribution < -0.4 is 5.73 Å². The van der Waals surface area contributed by atoms with Crippen LogP contribution in [0.25, 0.3) is 11.0 Å². The fourth-order valence-corrected chi connectivity index (χ4v) is 1.65. The van der Waals surface area contributed by atoms with Gasteiger partial charge in [0.05, 0.1) is 13.2 Å². The summed E-state index contributed by atoms with van der Waals surface area (Å²) >= 11 is 0. The highest BCUT2D eigenvalue weighted by Gasteiger charge is 2.15. The number of nitrogens with two attached hydrogens (primary N) is 1. The van der Waals surface area contributed by atoms with Gasteiger partial charge in [-0.3, -0.25) is 0 Å². The molecule has 0 amide bonds. The smallest absolute Gasteiger partial charge is 0.170 e. The Morgan fingerprint density at radius 3 is 2.93 bits per heavy atom. The van der Waals surface area contributed by atoms with Crippen molar-refractivity contribution in [1.82, 2.24) is 0 Å². The van der Waals surface area contributed by atoms with E-state index in [0.717, 1.165) is 10.9 Å². The third-order valence-electron chi connectivity index (χ3n) is 2.33. The fourth-order valence-electron chi connectivity index (χ4n) is 1.65. The largest absolute Gasteiger partial charge is 0.456 e. The lowest BCUT2D eigenvalue weighted by Gasteiger charge is -1.98. The standard InChI is InChI=1S/C11H12FNO2/c1-14-6-8-7-3-2-4-9(12)11(7)15-10(8)5-13/h2-4H,5-6,13H2,1H3. The molecule has 2 N–H and O–H groups in total. The zero-order valence-electron chi connectivity index (χ0n) is 8.42. The molecule has 4 heteroatoms. The van der Waals surface area contributed by atoms with Crippen LogP contribution in [0.2, 0.25) is 0 Å². The SMILES string of the molecule is COCc1c(CN)oc2c(F)cccc12. The number of fused-ring (bicyclic) bond motifs is 1. The van der Waals surface area contributed by atoms with Crippen LogP contribution in [0.3, 0.4) is 0 Å². The highest BCUT2D eigenvalue weighted by Crippen LogP contribution is 2.28. The molecule has 0 aliphatic heterocycles. The summed E-state index contributed by atoms with van der Waals surface area (Å²) in [6, 6.07) is 4.81. The van der Waals surface area contributed by atoms with Gasteiger partial charge in [0, 0.05) is 18.1 Å². The molecular formula is C11H12FNO2. The Hall–Kier alpha value is -1.39. The van der Waals surface area contributed by atoms with E-state index >= 15 is 0 Å². The Kier molecular flexibility index (Phi) is 2.70. The van der Waals surface area contributed by atoms with Crippen molar-refractivity contribution < 1.29 is 13.5 Å². The van der Waals surface area contributed by atoms with Crippen molar-refractivity contribution in [3.63, 3.8) is 0 Å². The summed E-state index contributed by atoms with van der Waals surface area (Å²) in [5.74, 6) is 0.210. The normalized spacial score (nSPS) is 11.1. The summed E-state index contributed by atoms with van der Waals surface area (Å²) < 4.78 is 23.8. The fraction of sp³-hybridized carbons (Fsp3) is 0.273. The minimum atomic E-state index is -0.371. The number of furan rings is 1. The number of hydrogen-bond acceptors (Lipinski definition) is 3. The van der Waals surface area contributed by atoms with Crippen molar-refractivity contribution in [2.24, 2.45) is 5.73 Å². The molecule has 80 valence electrons. The topological polar surface area (TPSA) is 48.4 Å². The Morgan fingerprint density at radius 1 is 1.47 bits per heavy atom. The molecule has 0 radical (unpaired) electrons. The van der Waals surface area contributed by atoms with Gasteiger partial charge in [0.25, 0.3) is 0 Å². The number of halogens is 1. The number of para-hydroxylation sites is 1. The van der Waals surface area contributed by atoms with Crippen molar-refractivity contribution in [2.75, 3.05) is 7.11 Å². The zero-order chi connectivity index (χ0) is 10.8. The molecule has 2 aromatic rings. The van der Waals surface area contributed by atoms with E-state index in [-0.39, 0.29) is 17.9 Å². The van der Waals surface area contributed by atoms with Gasteiger partial charge in [-0.2, -0.15) is 0 Å². The Bertz CT molecular complexity index is 479. The molecule has 0 spiro atoms. The Balaban J connectivity index is 2.68. The minimum Gasteiger partial charge on any atom is -0.456 e. The molecule has 0 bridgehead atoms. The van der Waals surface area contributed by atoms with Crippen LogP contribution >= 0.6 is 0 Å². The molecule has 1 aromatic carbocycles. The lowest BCUT2D eigenvalue weighted by Crippen LogP contribution is -1.99. The van der Waals surface area contributed by atoms with Crippen LogP contribution in [0.5, 0.6) is 0 Å². The Morgan fingerprint density at radius 2 is 2.27 bits per heavy atom. The maximum atomic E-state index is 13.4. The van der Waals surface area contributed by atoms with Crippen molar-refractivity contribution >= 4 is 11.0 Å². The van der Waals surface area contributed by atoms with Gasteiger partial charge in [0.1, 0.15) is 5.76 Å². The van der Waals surface area contributed by atoms with Crippen molar-refractivity contribution in [1.29, 1.82) is 0 Å². The van der Waals surface area contributed by atoms with Crippen LogP contribution in [0, 0.1) is 5.82 Å². The lowest BCUT2D eigenvalue weighted by atomic mass is 10.1. The molecule has 15 heavy (non-hydrogen) atoms. The molecule has 0 saturated carbocycles. The van der Waals surface area contributed by atoms with E-state index in [2.05, 4.69) is 0 Å². The number of ether oxygens (including phenoxy) is 1. The second-order valence-electron chi connectivity index (χ2n) is 3.26. The van der Waals surface area contributed by atoms with Gasteiger partial charge in [-0.05, 0) is 6.07 Å². The van der Waals surface area contributed by atoms with Crippen molar-refractivity contribution in [3.8, 4) is 0 Å². The molecule has 2 rings (SSSR count). The van der Waals surface area contributed by atoms with E-state index in [1.54, 1.807) is 19.2 Å². The van der Waals surface area contributed by atoms with Gasteiger partial charge in [0.15, 0.2) is 11.4 Å². The van der Waals surface area contributed by atoms with E-state index in [9.17, 15) is 4.39 Å². The van der Waals surface area contributed by atoms with Crippen molar-refractivity contribution in [2.45, 2.75) is 13.2 Å². The molecule has 1 heterocycles. The van der Waals surface area contributed by atoms with Crippen LogP contribution in [-0.2, 0) is 17.9 Å². The van der Waals surface area contributed by atoms with Gasteiger partial charge >= 0.3 is 0 Å². The molecule has 0 atom stereocenters. The molecule has 0 saturated heterocycles. The predicted octanol–water partition coefficient (Wildman–Crippen LogP) is 2.18. The van der Waals surface area contributed by atoms with Gasteiger partial charge in [-0.1, -0.05) is 12.1 Å². The molecule has 0 fully saturated rings. The second kappa shape index (κ2) is 4.00. The van der Waals surface area contributed by atoms with E-state index < -0.39 is 0 Å². The monoisotopic (exact) mass is 209 g/mol. The molecule has 0 aliphatic rings. The van der Waals surface area contributed by atoms with E-state index in [4.69, 9.17) is 14.9 Å². The minimum absolute atomic E-state index is 0.243. The number of benzene rings is 1. The number of rotatable bonds is 3. The molecule has 1 aromatic heterocycles. The number of hydrogen-bond donors (Lipinski definition) is 1. The highest BCUT2D eigenvalue weighted by molar-refractivity contribution is 5.82. The summed E-state index contributed by atoms with van der Waals surface area (Å²) in [7, 11) is 1.58. The van der Waals surface area contributed by atoms with Crippen LogP contribution in [-0.4, -0.2) is 7.11 Å². The van der Waals surface area contributed by atoms with Gasteiger partial charge < -0.3 is 14.9 Å². The molecule has 0 aliphatic carbocycles. The van der Waals surface area contributed by atoms with Crippen LogP contribution in [0.1, 0.15) is 11.3 Å².